The number of para-hydroxylation sites is 1. The first-order chi connectivity index (χ1) is 12.9. The number of aryl methyl sites for hydroxylation is 2. The molecule has 0 fully saturated rings. The van der Waals surface area contributed by atoms with E-state index in [9.17, 15) is 0 Å². The second-order valence-electron chi connectivity index (χ2n) is 6.02. The van der Waals surface area contributed by atoms with Crippen molar-refractivity contribution in [1.29, 1.82) is 0 Å². The molecule has 4 rings (SSSR count). The number of ether oxygens (including phenoxy) is 1. The van der Waals surface area contributed by atoms with Gasteiger partial charge in [-0.15, -0.1) is 11.3 Å². The standard InChI is InChI=1S/C22H19NOS2/c1-2-8-20(9-3-1)24-21(13-15-26-22-10-5-14-25-22)23-19-12-11-17-6-4-7-18(17)16-19/h1-3,5,8-16H,4,6-7H2/b15-13+,23-21?. The molecule has 1 aromatic heterocycles. The molecule has 130 valence electrons. The molecule has 0 spiro atoms. The Hall–Kier alpha value is -2.30. The van der Waals surface area contributed by atoms with Crippen molar-refractivity contribution in [2.24, 2.45) is 4.99 Å². The third kappa shape index (κ3) is 4.45. The van der Waals surface area contributed by atoms with E-state index in [1.54, 1.807) is 23.1 Å². The monoisotopic (exact) mass is 377 g/mol. The quantitative estimate of drug-likeness (QED) is 0.282. The van der Waals surface area contributed by atoms with Gasteiger partial charge in [-0.3, -0.25) is 0 Å². The highest BCUT2D eigenvalue weighted by Crippen LogP contribution is 2.27. The van der Waals surface area contributed by atoms with E-state index in [0.29, 0.717) is 5.90 Å². The van der Waals surface area contributed by atoms with E-state index >= 15 is 0 Å². The molecule has 0 bridgehead atoms. The minimum atomic E-state index is 0.596. The van der Waals surface area contributed by atoms with Crippen molar-refractivity contribution < 1.29 is 4.74 Å². The van der Waals surface area contributed by atoms with Crippen LogP contribution in [0.3, 0.4) is 0 Å². The fraction of sp³-hybridized carbons (Fsp3) is 0.136. The van der Waals surface area contributed by atoms with E-state index in [1.165, 1.54) is 28.2 Å². The number of benzene rings is 2. The molecule has 0 N–H and O–H groups in total. The van der Waals surface area contributed by atoms with Gasteiger partial charge in [0.2, 0.25) is 5.90 Å². The zero-order valence-corrected chi connectivity index (χ0v) is 15.9. The number of hydrogen-bond donors (Lipinski definition) is 0. The Morgan fingerprint density at radius 1 is 1.00 bits per heavy atom. The Balaban J connectivity index is 1.57. The number of aliphatic imine (C=N–C) groups is 1. The highest BCUT2D eigenvalue weighted by molar-refractivity contribution is 8.03. The summed E-state index contributed by atoms with van der Waals surface area (Å²) >= 11 is 3.40. The molecule has 1 heterocycles. The van der Waals surface area contributed by atoms with E-state index in [4.69, 9.17) is 9.73 Å². The molecule has 1 aliphatic carbocycles. The first-order valence-corrected chi connectivity index (χ1v) is 10.4. The van der Waals surface area contributed by atoms with Crippen molar-refractivity contribution >= 4 is 34.7 Å². The molecule has 0 aliphatic heterocycles. The fourth-order valence-corrected chi connectivity index (χ4v) is 4.43. The Labute approximate surface area is 162 Å². The first kappa shape index (κ1) is 17.1. The van der Waals surface area contributed by atoms with Crippen LogP contribution in [0.2, 0.25) is 0 Å². The van der Waals surface area contributed by atoms with Crippen LogP contribution in [0.5, 0.6) is 5.75 Å². The number of fused-ring (bicyclic) bond motifs is 1. The van der Waals surface area contributed by atoms with Crippen molar-refractivity contribution in [2.75, 3.05) is 0 Å². The molecule has 0 saturated heterocycles. The normalized spacial score (nSPS) is 13.9. The maximum absolute atomic E-state index is 6.01. The zero-order valence-electron chi connectivity index (χ0n) is 14.3. The van der Waals surface area contributed by atoms with Crippen LogP contribution < -0.4 is 4.74 Å². The molecule has 4 heteroatoms. The van der Waals surface area contributed by atoms with Gasteiger partial charge in [-0.1, -0.05) is 42.1 Å². The Morgan fingerprint density at radius 2 is 1.88 bits per heavy atom. The highest BCUT2D eigenvalue weighted by atomic mass is 32.2. The van der Waals surface area contributed by atoms with Gasteiger partial charge in [-0.05, 0) is 71.5 Å². The second kappa shape index (κ2) is 8.39. The Morgan fingerprint density at radius 3 is 2.73 bits per heavy atom. The van der Waals surface area contributed by atoms with Crippen molar-refractivity contribution in [1.82, 2.24) is 0 Å². The van der Waals surface area contributed by atoms with Crippen LogP contribution in [0.1, 0.15) is 17.5 Å². The maximum atomic E-state index is 6.01. The highest BCUT2D eigenvalue weighted by Gasteiger charge is 2.11. The lowest BCUT2D eigenvalue weighted by atomic mass is 10.1. The van der Waals surface area contributed by atoms with E-state index in [-0.39, 0.29) is 0 Å². The molecule has 0 unspecified atom stereocenters. The van der Waals surface area contributed by atoms with Gasteiger partial charge < -0.3 is 4.74 Å². The molecule has 0 amide bonds. The number of thiophene rings is 1. The van der Waals surface area contributed by atoms with Crippen LogP contribution in [-0.4, -0.2) is 5.90 Å². The molecule has 2 aromatic carbocycles. The molecule has 2 nitrogen and oxygen atoms in total. The summed E-state index contributed by atoms with van der Waals surface area (Å²) in [6.07, 6.45) is 5.51. The molecular formula is C22H19NOS2. The summed E-state index contributed by atoms with van der Waals surface area (Å²) in [6.45, 7) is 0. The smallest absolute Gasteiger partial charge is 0.220 e. The van der Waals surface area contributed by atoms with Gasteiger partial charge in [0, 0.05) is 6.08 Å². The molecular weight excluding hydrogens is 358 g/mol. The van der Waals surface area contributed by atoms with Gasteiger partial charge >= 0.3 is 0 Å². The molecule has 26 heavy (non-hydrogen) atoms. The van der Waals surface area contributed by atoms with Gasteiger partial charge in [0.1, 0.15) is 5.75 Å². The maximum Gasteiger partial charge on any atom is 0.220 e. The summed E-state index contributed by atoms with van der Waals surface area (Å²) in [7, 11) is 0. The van der Waals surface area contributed by atoms with Crippen molar-refractivity contribution in [2.45, 2.75) is 23.5 Å². The summed E-state index contributed by atoms with van der Waals surface area (Å²) in [5, 5.41) is 4.11. The van der Waals surface area contributed by atoms with Crippen molar-refractivity contribution in [3.05, 3.63) is 88.7 Å². The number of rotatable bonds is 5. The number of hydrogen-bond acceptors (Lipinski definition) is 4. The van der Waals surface area contributed by atoms with E-state index < -0.39 is 0 Å². The summed E-state index contributed by atoms with van der Waals surface area (Å²) in [5.41, 5.74) is 3.82. The molecule has 0 atom stereocenters. The second-order valence-corrected chi connectivity index (χ2v) is 8.18. The largest absolute Gasteiger partial charge is 0.439 e. The van der Waals surface area contributed by atoms with Crippen LogP contribution in [0, 0.1) is 0 Å². The van der Waals surface area contributed by atoms with E-state index in [0.717, 1.165) is 17.9 Å². The molecule has 0 saturated carbocycles. The summed E-state index contributed by atoms with van der Waals surface area (Å²) < 4.78 is 7.26. The number of nitrogens with zero attached hydrogens (tertiary/aromatic N) is 1. The van der Waals surface area contributed by atoms with Crippen LogP contribution in [0.4, 0.5) is 5.69 Å². The van der Waals surface area contributed by atoms with Gasteiger partial charge in [-0.2, -0.15) is 0 Å². The number of thioether (sulfide) groups is 1. The lowest BCUT2D eigenvalue weighted by Crippen LogP contribution is -2.04. The van der Waals surface area contributed by atoms with Crippen molar-refractivity contribution in [3.63, 3.8) is 0 Å². The van der Waals surface area contributed by atoms with Crippen LogP contribution in [-0.2, 0) is 12.8 Å². The summed E-state index contributed by atoms with van der Waals surface area (Å²) in [4.78, 5) is 4.75. The Kier molecular flexibility index (Phi) is 5.53. The molecule has 0 radical (unpaired) electrons. The molecule has 1 aliphatic rings. The topological polar surface area (TPSA) is 21.6 Å². The Bertz CT molecular complexity index is 915. The van der Waals surface area contributed by atoms with Crippen LogP contribution in [0.15, 0.2) is 86.7 Å². The summed E-state index contributed by atoms with van der Waals surface area (Å²) in [6, 6.07) is 20.4. The third-order valence-electron chi connectivity index (χ3n) is 4.18. The minimum absolute atomic E-state index is 0.596. The average molecular weight is 378 g/mol. The minimum Gasteiger partial charge on any atom is -0.439 e. The zero-order chi connectivity index (χ0) is 17.6. The lowest BCUT2D eigenvalue weighted by Gasteiger charge is -2.06. The summed E-state index contributed by atoms with van der Waals surface area (Å²) in [5.74, 6) is 1.39. The van der Waals surface area contributed by atoms with Gasteiger partial charge in [0.05, 0.1) is 9.90 Å². The molecule has 3 aromatic rings. The van der Waals surface area contributed by atoms with Gasteiger partial charge in [0.15, 0.2) is 0 Å². The average Bonchev–Trinajstić information content (AvgIpc) is 3.33. The fourth-order valence-electron chi connectivity index (χ4n) is 2.95. The van der Waals surface area contributed by atoms with Gasteiger partial charge in [0.25, 0.3) is 0 Å². The first-order valence-electron chi connectivity index (χ1n) is 8.67. The predicted octanol–water partition coefficient (Wildman–Crippen LogP) is 6.65. The predicted molar refractivity (Wildman–Crippen MR) is 112 cm³/mol. The van der Waals surface area contributed by atoms with E-state index in [2.05, 4.69) is 35.7 Å². The van der Waals surface area contributed by atoms with Gasteiger partial charge in [-0.25, -0.2) is 4.99 Å². The van der Waals surface area contributed by atoms with Crippen molar-refractivity contribution in [3.8, 4) is 5.75 Å². The van der Waals surface area contributed by atoms with Crippen LogP contribution in [0.25, 0.3) is 0 Å². The third-order valence-corrected chi connectivity index (χ3v) is 6.06. The SMILES string of the molecule is C(=C\C(=Nc1ccc2c(c1)CCC2)Oc1ccccc1)/Sc1cccs1. The van der Waals surface area contributed by atoms with Crippen LogP contribution >= 0.6 is 23.1 Å². The van der Waals surface area contributed by atoms with E-state index in [1.807, 2.05) is 41.8 Å². The lowest BCUT2D eigenvalue weighted by molar-refractivity contribution is 0.556.